The van der Waals surface area contributed by atoms with Crippen molar-refractivity contribution in [2.45, 2.75) is 25.2 Å². The van der Waals surface area contributed by atoms with Crippen molar-refractivity contribution in [3.63, 3.8) is 0 Å². The molecule has 2 aromatic carbocycles. The Hall–Kier alpha value is -3.55. The first-order valence-electron chi connectivity index (χ1n) is 12.0. The number of hydrogen-bond acceptors (Lipinski definition) is 5. The van der Waals surface area contributed by atoms with Crippen LogP contribution in [0.25, 0.3) is 0 Å². The summed E-state index contributed by atoms with van der Waals surface area (Å²) in [6.45, 7) is 4.58. The Balaban J connectivity index is 1.47. The molecule has 0 aromatic heterocycles. The predicted molar refractivity (Wildman–Crippen MR) is 132 cm³/mol. The summed E-state index contributed by atoms with van der Waals surface area (Å²) in [5.41, 5.74) is 0.875. The molecule has 0 unspecified atom stereocenters. The van der Waals surface area contributed by atoms with E-state index < -0.39 is 5.41 Å². The Morgan fingerprint density at radius 1 is 0.743 bits per heavy atom. The number of likely N-dealkylation sites (tertiary alicyclic amines) is 1. The van der Waals surface area contributed by atoms with E-state index in [-0.39, 0.29) is 17.7 Å². The average molecular weight is 480 g/mol. The van der Waals surface area contributed by atoms with Crippen LogP contribution in [0.15, 0.2) is 48.5 Å². The molecule has 0 saturated carbocycles. The van der Waals surface area contributed by atoms with Crippen molar-refractivity contribution < 1.29 is 23.9 Å². The van der Waals surface area contributed by atoms with Gasteiger partial charge in [0.15, 0.2) is 11.5 Å². The Labute approximate surface area is 206 Å². The van der Waals surface area contributed by atoms with Crippen molar-refractivity contribution in [1.29, 1.82) is 0 Å². The van der Waals surface area contributed by atoms with Gasteiger partial charge in [0.1, 0.15) is 0 Å². The third kappa shape index (κ3) is 4.83. The third-order valence-electron chi connectivity index (χ3n) is 7.28. The van der Waals surface area contributed by atoms with Gasteiger partial charge in [-0.2, -0.15) is 0 Å². The maximum atomic E-state index is 13.9. The molecule has 2 aliphatic heterocycles. The second-order valence-corrected chi connectivity index (χ2v) is 9.11. The maximum absolute atomic E-state index is 13.9. The summed E-state index contributed by atoms with van der Waals surface area (Å²) >= 11 is 0. The van der Waals surface area contributed by atoms with Crippen LogP contribution >= 0.6 is 0 Å². The van der Waals surface area contributed by atoms with Crippen LogP contribution < -0.4 is 9.47 Å². The summed E-state index contributed by atoms with van der Waals surface area (Å²) in [6.07, 6.45) is 1.19. The minimum Gasteiger partial charge on any atom is -0.493 e. The van der Waals surface area contributed by atoms with Crippen molar-refractivity contribution >= 4 is 17.7 Å². The molecule has 3 amide bonds. The highest BCUT2D eigenvalue weighted by atomic mass is 16.5. The molecule has 35 heavy (non-hydrogen) atoms. The number of ether oxygens (including phenoxy) is 2. The van der Waals surface area contributed by atoms with Crippen molar-refractivity contribution in [3.05, 3.63) is 59.7 Å². The predicted octanol–water partition coefficient (Wildman–Crippen LogP) is 2.57. The van der Waals surface area contributed by atoms with Gasteiger partial charge in [0, 0.05) is 51.8 Å². The lowest BCUT2D eigenvalue weighted by atomic mass is 9.71. The summed E-state index contributed by atoms with van der Waals surface area (Å²) in [5, 5.41) is 0. The summed E-state index contributed by atoms with van der Waals surface area (Å²) < 4.78 is 10.6. The van der Waals surface area contributed by atoms with Crippen LogP contribution in [0, 0.1) is 0 Å². The van der Waals surface area contributed by atoms with E-state index in [0.717, 1.165) is 5.56 Å². The summed E-state index contributed by atoms with van der Waals surface area (Å²) in [4.78, 5) is 44.4. The Kier molecular flexibility index (Phi) is 7.28. The smallest absolute Gasteiger partial charge is 0.254 e. The lowest BCUT2D eigenvalue weighted by molar-refractivity contribution is -0.143. The van der Waals surface area contributed by atoms with Crippen LogP contribution in [-0.4, -0.2) is 85.9 Å². The highest BCUT2D eigenvalue weighted by Crippen LogP contribution is 2.38. The zero-order valence-electron chi connectivity index (χ0n) is 20.7. The topological polar surface area (TPSA) is 79.4 Å². The van der Waals surface area contributed by atoms with Gasteiger partial charge in [-0.15, -0.1) is 0 Å². The van der Waals surface area contributed by atoms with Crippen molar-refractivity contribution in [1.82, 2.24) is 14.7 Å². The van der Waals surface area contributed by atoms with Crippen molar-refractivity contribution in [2.24, 2.45) is 0 Å². The van der Waals surface area contributed by atoms with Crippen LogP contribution in [0.4, 0.5) is 0 Å². The molecule has 0 spiro atoms. The molecule has 2 saturated heterocycles. The van der Waals surface area contributed by atoms with Crippen LogP contribution in [0.3, 0.4) is 0 Å². The van der Waals surface area contributed by atoms with Crippen LogP contribution in [0.2, 0.25) is 0 Å². The Bertz CT molecular complexity index is 1070. The molecular weight excluding hydrogens is 446 g/mol. The largest absolute Gasteiger partial charge is 0.493 e. The standard InChI is InChI=1S/C27H33N3O5/c1-20(31)28-13-11-27(12-14-28,22-7-5-4-6-8-22)26(33)30-17-15-29(16-18-30)25(32)21-9-10-23(34-2)24(19-21)35-3/h4-10,19H,11-18H2,1-3H3. The molecule has 8 heteroatoms. The molecule has 0 aliphatic carbocycles. The number of amides is 3. The van der Waals surface area contributed by atoms with Gasteiger partial charge in [0.2, 0.25) is 11.8 Å². The zero-order valence-corrected chi connectivity index (χ0v) is 20.7. The molecule has 2 heterocycles. The van der Waals surface area contributed by atoms with Gasteiger partial charge in [-0.1, -0.05) is 30.3 Å². The van der Waals surface area contributed by atoms with E-state index >= 15 is 0 Å². The summed E-state index contributed by atoms with van der Waals surface area (Å²) in [6, 6.07) is 15.0. The van der Waals surface area contributed by atoms with E-state index in [1.807, 2.05) is 40.1 Å². The van der Waals surface area contributed by atoms with E-state index in [1.165, 1.54) is 0 Å². The molecule has 186 valence electrons. The van der Waals surface area contributed by atoms with Crippen molar-refractivity contribution in [2.75, 3.05) is 53.5 Å². The first kappa shape index (κ1) is 24.6. The van der Waals surface area contributed by atoms with Gasteiger partial charge in [-0.05, 0) is 36.6 Å². The lowest BCUT2D eigenvalue weighted by Crippen LogP contribution is -2.58. The molecule has 2 aliphatic rings. The molecule has 2 fully saturated rings. The van der Waals surface area contributed by atoms with Gasteiger partial charge in [-0.3, -0.25) is 14.4 Å². The quantitative estimate of drug-likeness (QED) is 0.659. The molecule has 0 atom stereocenters. The second kappa shape index (κ2) is 10.4. The lowest BCUT2D eigenvalue weighted by Gasteiger charge is -2.45. The number of carbonyl (C=O) groups excluding carboxylic acids is 3. The van der Waals surface area contributed by atoms with E-state index in [9.17, 15) is 14.4 Å². The second-order valence-electron chi connectivity index (χ2n) is 9.11. The Morgan fingerprint density at radius 2 is 1.34 bits per heavy atom. The van der Waals surface area contributed by atoms with Crippen LogP contribution in [0.1, 0.15) is 35.7 Å². The van der Waals surface area contributed by atoms with Gasteiger partial charge < -0.3 is 24.2 Å². The highest BCUT2D eigenvalue weighted by molar-refractivity contribution is 5.95. The van der Waals surface area contributed by atoms with Gasteiger partial charge in [0.25, 0.3) is 5.91 Å². The minimum atomic E-state index is -0.650. The number of benzene rings is 2. The number of methoxy groups -OCH3 is 2. The van der Waals surface area contributed by atoms with Crippen LogP contribution in [-0.2, 0) is 15.0 Å². The summed E-state index contributed by atoms with van der Waals surface area (Å²) in [7, 11) is 3.10. The molecule has 2 aromatic rings. The van der Waals surface area contributed by atoms with E-state index in [4.69, 9.17) is 9.47 Å². The number of rotatable bonds is 5. The molecule has 0 radical (unpaired) electrons. The molecule has 0 N–H and O–H groups in total. The fourth-order valence-corrected chi connectivity index (χ4v) is 5.15. The maximum Gasteiger partial charge on any atom is 0.254 e. The molecule has 4 rings (SSSR count). The minimum absolute atomic E-state index is 0.0430. The number of nitrogens with zero attached hydrogens (tertiary/aromatic N) is 3. The number of carbonyl (C=O) groups is 3. The van der Waals surface area contributed by atoms with Gasteiger partial charge in [0.05, 0.1) is 19.6 Å². The number of hydrogen-bond donors (Lipinski definition) is 0. The summed E-state index contributed by atoms with van der Waals surface area (Å²) in [5.74, 6) is 1.12. The van der Waals surface area contributed by atoms with Crippen molar-refractivity contribution in [3.8, 4) is 11.5 Å². The molecule has 0 bridgehead atoms. The number of piperidine rings is 1. The normalized spacial score (nSPS) is 17.6. The first-order chi connectivity index (χ1) is 16.9. The number of piperazine rings is 1. The van der Waals surface area contributed by atoms with Gasteiger partial charge in [-0.25, -0.2) is 0 Å². The SMILES string of the molecule is COc1ccc(C(=O)N2CCN(C(=O)C3(c4ccccc4)CCN(C(C)=O)CC3)CC2)cc1OC. The molecular formula is C27H33N3O5. The Morgan fingerprint density at radius 3 is 1.91 bits per heavy atom. The highest BCUT2D eigenvalue weighted by Gasteiger charge is 2.46. The third-order valence-corrected chi connectivity index (χ3v) is 7.28. The monoisotopic (exact) mass is 479 g/mol. The fourth-order valence-electron chi connectivity index (χ4n) is 5.15. The van der Waals surface area contributed by atoms with E-state index in [2.05, 4.69) is 0 Å². The van der Waals surface area contributed by atoms with E-state index in [0.29, 0.717) is 69.2 Å². The van der Waals surface area contributed by atoms with Gasteiger partial charge >= 0.3 is 0 Å². The average Bonchev–Trinajstić information content (AvgIpc) is 2.92. The first-order valence-corrected chi connectivity index (χ1v) is 12.0. The van der Waals surface area contributed by atoms with Crippen LogP contribution in [0.5, 0.6) is 11.5 Å². The molecule has 8 nitrogen and oxygen atoms in total. The zero-order chi connectivity index (χ0) is 25.0. The fraction of sp³-hybridized carbons (Fsp3) is 0.444. The van der Waals surface area contributed by atoms with E-state index in [1.54, 1.807) is 44.2 Å².